The van der Waals surface area contributed by atoms with Gasteiger partial charge in [-0.3, -0.25) is 19.6 Å². The third kappa shape index (κ3) is 7.18. The molecule has 33 heavy (non-hydrogen) atoms. The van der Waals surface area contributed by atoms with Crippen LogP contribution in [0.15, 0.2) is 59.7 Å². The van der Waals surface area contributed by atoms with E-state index < -0.39 is 0 Å². The molecule has 0 unspecified atom stereocenters. The second kappa shape index (κ2) is 11.3. The monoisotopic (exact) mass is 466 g/mol. The summed E-state index contributed by atoms with van der Waals surface area (Å²) < 4.78 is 1.90. The average molecular weight is 467 g/mol. The van der Waals surface area contributed by atoms with Crippen molar-refractivity contribution >= 4 is 40.7 Å². The Bertz CT molecular complexity index is 1150. The van der Waals surface area contributed by atoms with Crippen molar-refractivity contribution in [1.82, 2.24) is 15.1 Å². The van der Waals surface area contributed by atoms with Gasteiger partial charge in [0.2, 0.25) is 11.9 Å². The molecule has 8 nitrogen and oxygen atoms in total. The molecule has 0 atom stereocenters. The number of nitrogens with zero attached hydrogens (tertiary/aromatic N) is 3. The summed E-state index contributed by atoms with van der Waals surface area (Å²) in [4.78, 5) is 28.6. The SMILES string of the molecule is CCCn1cc(CN=C(NC(=O)c2ccc(NC(C)=O)cc2)Nc2cccc(Cl)c2)c(C)n1. The van der Waals surface area contributed by atoms with Crippen molar-refractivity contribution < 1.29 is 9.59 Å². The quantitative estimate of drug-likeness (QED) is 0.349. The lowest BCUT2D eigenvalue weighted by Gasteiger charge is -2.12. The molecule has 0 spiro atoms. The van der Waals surface area contributed by atoms with Gasteiger partial charge in [0.05, 0.1) is 12.2 Å². The molecule has 3 rings (SSSR count). The number of nitrogens with one attached hydrogen (secondary N) is 3. The Balaban J connectivity index is 1.79. The van der Waals surface area contributed by atoms with Crippen molar-refractivity contribution in [3.8, 4) is 0 Å². The standard InChI is InChI=1S/C24H27ClN6O2/c1-4-12-31-15-19(16(2)30-31)14-26-24(28-22-7-5-6-20(25)13-22)29-23(33)18-8-10-21(11-9-18)27-17(3)32/h5-11,13,15H,4,12,14H2,1-3H3,(H,27,32)(H2,26,28,29,33). The molecule has 9 heteroatoms. The summed E-state index contributed by atoms with van der Waals surface area (Å²) in [5.41, 5.74) is 3.61. The van der Waals surface area contributed by atoms with Crippen LogP contribution < -0.4 is 16.0 Å². The van der Waals surface area contributed by atoms with Crippen molar-refractivity contribution in [3.63, 3.8) is 0 Å². The fourth-order valence-corrected chi connectivity index (χ4v) is 3.31. The van der Waals surface area contributed by atoms with Crippen LogP contribution in [0.4, 0.5) is 11.4 Å². The average Bonchev–Trinajstić information content (AvgIpc) is 3.11. The molecule has 0 aliphatic rings. The minimum Gasteiger partial charge on any atom is -0.326 e. The van der Waals surface area contributed by atoms with Gasteiger partial charge in [-0.05, 0) is 55.8 Å². The van der Waals surface area contributed by atoms with Crippen LogP contribution >= 0.6 is 11.6 Å². The summed E-state index contributed by atoms with van der Waals surface area (Å²) in [5.74, 6) is -0.225. The van der Waals surface area contributed by atoms with Crippen LogP contribution in [0.25, 0.3) is 0 Å². The van der Waals surface area contributed by atoms with Gasteiger partial charge in [-0.15, -0.1) is 0 Å². The number of halogens is 1. The first-order valence-corrected chi connectivity index (χ1v) is 11.0. The summed E-state index contributed by atoms with van der Waals surface area (Å²) in [6, 6.07) is 13.8. The highest BCUT2D eigenvalue weighted by Crippen LogP contribution is 2.16. The van der Waals surface area contributed by atoms with Crippen LogP contribution in [0, 0.1) is 6.92 Å². The highest BCUT2D eigenvalue weighted by Gasteiger charge is 2.11. The van der Waals surface area contributed by atoms with Crippen LogP contribution in [0.1, 0.15) is 41.9 Å². The molecule has 3 N–H and O–H groups in total. The molecule has 2 aromatic carbocycles. The van der Waals surface area contributed by atoms with Crippen LogP contribution in [0.5, 0.6) is 0 Å². The summed E-state index contributed by atoms with van der Waals surface area (Å²) in [6.07, 6.45) is 2.96. The minimum absolute atomic E-state index is 0.176. The molecular formula is C24H27ClN6O2. The predicted molar refractivity (Wildman–Crippen MR) is 132 cm³/mol. The number of carbonyl (C=O) groups excluding carboxylic acids is 2. The predicted octanol–water partition coefficient (Wildman–Crippen LogP) is 4.61. The molecule has 2 amide bonds. The first kappa shape index (κ1) is 24.0. The van der Waals surface area contributed by atoms with Gasteiger partial charge in [0, 0.05) is 47.2 Å². The number of carbonyl (C=O) groups is 2. The van der Waals surface area contributed by atoms with Crippen molar-refractivity contribution in [3.05, 3.63) is 76.6 Å². The topological polar surface area (TPSA) is 100 Å². The Morgan fingerprint density at radius 3 is 2.52 bits per heavy atom. The number of rotatable bonds is 7. The molecule has 0 fully saturated rings. The van der Waals surface area contributed by atoms with Gasteiger partial charge in [-0.1, -0.05) is 24.6 Å². The van der Waals surface area contributed by atoms with E-state index in [-0.39, 0.29) is 17.8 Å². The number of amides is 2. The molecule has 3 aromatic rings. The van der Waals surface area contributed by atoms with Gasteiger partial charge < -0.3 is 10.6 Å². The van der Waals surface area contributed by atoms with Gasteiger partial charge in [0.15, 0.2) is 0 Å². The molecule has 0 aliphatic carbocycles. The number of aryl methyl sites for hydroxylation is 2. The van der Waals surface area contributed by atoms with E-state index >= 15 is 0 Å². The third-order valence-electron chi connectivity index (χ3n) is 4.69. The Kier molecular flexibility index (Phi) is 8.21. The molecule has 172 valence electrons. The maximum absolute atomic E-state index is 12.9. The molecule has 1 heterocycles. The number of hydrogen-bond acceptors (Lipinski definition) is 4. The van der Waals surface area contributed by atoms with E-state index in [4.69, 9.17) is 11.6 Å². The largest absolute Gasteiger partial charge is 0.326 e. The lowest BCUT2D eigenvalue weighted by molar-refractivity contribution is -0.114. The number of aromatic nitrogens is 2. The normalized spacial score (nSPS) is 11.2. The van der Waals surface area contributed by atoms with E-state index in [9.17, 15) is 9.59 Å². The van der Waals surface area contributed by atoms with Gasteiger partial charge in [0.1, 0.15) is 0 Å². The number of aliphatic imine (C=N–C) groups is 1. The summed E-state index contributed by atoms with van der Waals surface area (Å²) in [6.45, 7) is 6.65. The second-order valence-corrected chi connectivity index (χ2v) is 7.95. The Labute approximate surface area is 198 Å². The lowest BCUT2D eigenvalue weighted by Crippen LogP contribution is -2.36. The highest BCUT2D eigenvalue weighted by molar-refractivity contribution is 6.31. The first-order valence-electron chi connectivity index (χ1n) is 10.6. The van der Waals surface area contributed by atoms with Crippen molar-refractivity contribution in [2.75, 3.05) is 10.6 Å². The van der Waals surface area contributed by atoms with E-state index in [1.165, 1.54) is 6.92 Å². The second-order valence-electron chi connectivity index (χ2n) is 7.52. The number of guanidine groups is 1. The van der Waals surface area contributed by atoms with E-state index in [0.717, 1.165) is 24.2 Å². The summed E-state index contributed by atoms with van der Waals surface area (Å²) in [7, 11) is 0. The first-order chi connectivity index (χ1) is 15.8. The fraction of sp³-hybridized carbons (Fsp3) is 0.250. The van der Waals surface area contributed by atoms with Gasteiger partial charge >= 0.3 is 0 Å². The molecular weight excluding hydrogens is 440 g/mol. The molecule has 0 aliphatic heterocycles. The van der Waals surface area contributed by atoms with Crippen molar-refractivity contribution in [2.24, 2.45) is 4.99 Å². The summed E-state index contributed by atoms with van der Waals surface area (Å²) >= 11 is 6.10. The lowest BCUT2D eigenvalue weighted by atomic mass is 10.2. The zero-order valence-corrected chi connectivity index (χ0v) is 19.6. The van der Waals surface area contributed by atoms with Gasteiger partial charge in [-0.25, -0.2) is 4.99 Å². The Morgan fingerprint density at radius 2 is 1.85 bits per heavy atom. The number of anilines is 2. The van der Waals surface area contributed by atoms with E-state index in [1.807, 2.05) is 29.9 Å². The van der Waals surface area contributed by atoms with Gasteiger partial charge in [0.25, 0.3) is 5.91 Å². The van der Waals surface area contributed by atoms with Crippen LogP contribution in [-0.2, 0) is 17.9 Å². The zero-order chi connectivity index (χ0) is 23.8. The van der Waals surface area contributed by atoms with E-state index in [1.54, 1.807) is 36.4 Å². The van der Waals surface area contributed by atoms with E-state index in [0.29, 0.717) is 28.5 Å². The molecule has 0 bridgehead atoms. The molecule has 0 saturated heterocycles. The maximum atomic E-state index is 12.9. The highest BCUT2D eigenvalue weighted by atomic mass is 35.5. The molecule has 1 aromatic heterocycles. The zero-order valence-electron chi connectivity index (χ0n) is 18.9. The Morgan fingerprint density at radius 1 is 1.09 bits per heavy atom. The van der Waals surface area contributed by atoms with Crippen molar-refractivity contribution in [2.45, 2.75) is 40.3 Å². The van der Waals surface area contributed by atoms with Crippen LogP contribution in [0.3, 0.4) is 0 Å². The minimum atomic E-state index is -0.337. The maximum Gasteiger partial charge on any atom is 0.257 e. The van der Waals surface area contributed by atoms with Crippen molar-refractivity contribution in [1.29, 1.82) is 0 Å². The summed E-state index contributed by atoms with van der Waals surface area (Å²) in [5, 5.41) is 13.7. The third-order valence-corrected chi connectivity index (χ3v) is 4.93. The van der Waals surface area contributed by atoms with Crippen LogP contribution in [-0.4, -0.2) is 27.6 Å². The number of hydrogen-bond donors (Lipinski definition) is 3. The van der Waals surface area contributed by atoms with Crippen LogP contribution in [0.2, 0.25) is 5.02 Å². The van der Waals surface area contributed by atoms with Gasteiger partial charge in [-0.2, -0.15) is 5.10 Å². The number of benzene rings is 2. The fourth-order valence-electron chi connectivity index (χ4n) is 3.12. The molecule has 0 saturated carbocycles. The Hall–Kier alpha value is -3.65. The van der Waals surface area contributed by atoms with E-state index in [2.05, 4.69) is 33.0 Å². The molecule has 0 radical (unpaired) electrons. The smallest absolute Gasteiger partial charge is 0.257 e.